The Labute approximate surface area is 164 Å². The van der Waals surface area contributed by atoms with Gasteiger partial charge in [0.05, 0.1) is 11.1 Å². The molecule has 144 valence electrons. The Morgan fingerprint density at radius 2 is 2.00 bits per heavy atom. The number of carbonyl (C=O) groups excluding carboxylic acids is 1. The number of fused-ring (bicyclic) bond motifs is 1. The van der Waals surface area contributed by atoms with Gasteiger partial charge in [0, 0.05) is 30.3 Å². The SMILES string of the molecule is CCc1nc(NC2CNCCC2c2ccccc2)c2cccc(C(N)=O)c2n1. The van der Waals surface area contributed by atoms with E-state index in [1.54, 1.807) is 6.07 Å². The van der Waals surface area contributed by atoms with Crippen LogP contribution >= 0.6 is 0 Å². The molecule has 4 rings (SSSR count). The van der Waals surface area contributed by atoms with Crippen LogP contribution in [0.1, 0.15) is 41.0 Å². The van der Waals surface area contributed by atoms with Gasteiger partial charge in [0.25, 0.3) is 5.91 Å². The summed E-state index contributed by atoms with van der Waals surface area (Å²) < 4.78 is 0. The van der Waals surface area contributed by atoms with Crippen LogP contribution < -0.4 is 16.4 Å². The topological polar surface area (TPSA) is 92.9 Å². The molecule has 4 N–H and O–H groups in total. The fourth-order valence-corrected chi connectivity index (χ4v) is 3.95. The quantitative estimate of drug-likeness (QED) is 0.638. The van der Waals surface area contributed by atoms with Gasteiger partial charge in [0.15, 0.2) is 0 Å². The largest absolute Gasteiger partial charge is 0.366 e. The zero-order valence-electron chi connectivity index (χ0n) is 16.0. The maximum Gasteiger partial charge on any atom is 0.250 e. The highest BCUT2D eigenvalue weighted by atomic mass is 16.1. The fraction of sp³-hybridized carbons (Fsp3) is 0.318. The molecular formula is C22H25N5O. The Morgan fingerprint density at radius 1 is 1.18 bits per heavy atom. The van der Waals surface area contributed by atoms with Crippen LogP contribution in [0.5, 0.6) is 0 Å². The van der Waals surface area contributed by atoms with E-state index in [4.69, 9.17) is 10.7 Å². The standard InChI is InChI=1S/C22H25N5O/c1-2-19-26-20-16(21(23)28)9-6-10-17(20)22(27-19)25-18-13-24-12-11-15(18)14-7-4-3-5-8-14/h3-10,15,18,24H,2,11-13H2,1H3,(H2,23,28)(H,25,26,27). The molecule has 0 spiro atoms. The molecule has 2 aromatic carbocycles. The first kappa shape index (κ1) is 18.4. The molecule has 6 heteroatoms. The highest BCUT2D eigenvalue weighted by Crippen LogP contribution is 2.30. The lowest BCUT2D eigenvalue weighted by Crippen LogP contribution is -2.44. The number of aryl methyl sites for hydroxylation is 1. The summed E-state index contributed by atoms with van der Waals surface area (Å²) in [7, 11) is 0. The second kappa shape index (κ2) is 7.94. The summed E-state index contributed by atoms with van der Waals surface area (Å²) in [5.41, 5.74) is 7.95. The van der Waals surface area contributed by atoms with Crippen LogP contribution in [0.2, 0.25) is 0 Å². The average Bonchev–Trinajstić information content (AvgIpc) is 2.74. The molecule has 2 heterocycles. The molecule has 3 aromatic rings. The zero-order chi connectivity index (χ0) is 19.5. The van der Waals surface area contributed by atoms with Crippen molar-refractivity contribution in [3.63, 3.8) is 0 Å². The normalized spacial score (nSPS) is 19.5. The van der Waals surface area contributed by atoms with Gasteiger partial charge >= 0.3 is 0 Å². The van der Waals surface area contributed by atoms with Crippen molar-refractivity contribution >= 4 is 22.6 Å². The predicted molar refractivity (Wildman–Crippen MR) is 112 cm³/mol. The van der Waals surface area contributed by atoms with Gasteiger partial charge in [-0.25, -0.2) is 9.97 Å². The number of nitrogens with two attached hydrogens (primary N) is 1. The third kappa shape index (κ3) is 3.55. The molecule has 0 saturated carbocycles. The number of hydrogen-bond acceptors (Lipinski definition) is 5. The molecule has 1 aromatic heterocycles. The molecular weight excluding hydrogens is 350 g/mol. The monoisotopic (exact) mass is 375 g/mol. The Kier molecular flexibility index (Phi) is 5.21. The minimum absolute atomic E-state index is 0.191. The second-order valence-electron chi connectivity index (χ2n) is 7.17. The molecule has 2 atom stereocenters. The minimum Gasteiger partial charge on any atom is -0.366 e. The molecule has 2 unspecified atom stereocenters. The van der Waals surface area contributed by atoms with Crippen LogP contribution in [0.15, 0.2) is 48.5 Å². The number of rotatable bonds is 5. The van der Waals surface area contributed by atoms with Crippen LogP contribution in [0.3, 0.4) is 0 Å². The lowest BCUT2D eigenvalue weighted by atomic mass is 9.86. The number of piperidine rings is 1. The molecule has 6 nitrogen and oxygen atoms in total. The van der Waals surface area contributed by atoms with E-state index in [-0.39, 0.29) is 6.04 Å². The minimum atomic E-state index is -0.473. The lowest BCUT2D eigenvalue weighted by Gasteiger charge is -2.34. The number of anilines is 1. The van der Waals surface area contributed by atoms with Gasteiger partial charge in [0.2, 0.25) is 0 Å². The maximum atomic E-state index is 11.9. The number of para-hydroxylation sites is 1. The average molecular weight is 375 g/mol. The van der Waals surface area contributed by atoms with Gasteiger partial charge in [0.1, 0.15) is 11.6 Å². The van der Waals surface area contributed by atoms with Crippen molar-refractivity contribution in [1.29, 1.82) is 0 Å². The number of hydrogen-bond donors (Lipinski definition) is 3. The van der Waals surface area contributed by atoms with Gasteiger partial charge in [-0.1, -0.05) is 43.3 Å². The summed E-state index contributed by atoms with van der Waals surface area (Å²) in [6.45, 7) is 3.85. The molecule has 0 aliphatic carbocycles. The molecule has 0 bridgehead atoms. The first-order valence-corrected chi connectivity index (χ1v) is 9.79. The lowest BCUT2D eigenvalue weighted by molar-refractivity contribution is 0.100. The smallest absolute Gasteiger partial charge is 0.250 e. The highest BCUT2D eigenvalue weighted by molar-refractivity contribution is 6.07. The van der Waals surface area contributed by atoms with E-state index >= 15 is 0 Å². The van der Waals surface area contributed by atoms with E-state index in [0.29, 0.717) is 29.2 Å². The van der Waals surface area contributed by atoms with E-state index in [2.05, 4.69) is 39.9 Å². The van der Waals surface area contributed by atoms with Crippen LogP contribution in [0.4, 0.5) is 5.82 Å². The number of nitrogens with one attached hydrogen (secondary N) is 2. The van der Waals surface area contributed by atoms with E-state index in [9.17, 15) is 4.79 Å². The Bertz CT molecular complexity index is 989. The predicted octanol–water partition coefficient (Wildman–Crippen LogP) is 2.85. The summed E-state index contributed by atoms with van der Waals surface area (Å²) in [6.07, 6.45) is 1.74. The number of amides is 1. The van der Waals surface area contributed by atoms with E-state index in [0.717, 1.165) is 30.7 Å². The molecule has 1 saturated heterocycles. The van der Waals surface area contributed by atoms with E-state index in [1.165, 1.54) is 5.56 Å². The Hall–Kier alpha value is -2.99. The summed E-state index contributed by atoms with van der Waals surface area (Å²) >= 11 is 0. The Balaban J connectivity index is 1.76. The van der Waals surface area contributed by atoms with Crippen molar-refractivity contribution in [2.45, 2.75) is 31.7 Å². The van der Waals surface area contributed by atoms with Crippen molar-refractivity contribution in [2.75, 3.05) is 18.4 Å². The third-order valence-electron chi connectivity index (χ3n) is 5.39. The number of benzene rings is 2. The summed E-state index contributed by atoms with van der Waals surface area (Å²) in [5.74, 6) is 1.37. The van der Waals surface area contributed by atoms with Gasteiger partial charge < -0.3 is 16.4 Å². The molecule has 1 fully saturated rings. The first-order valence-electron chi connectivity index (χ1n) is 9.79. The van der Waals surface area contributed by atoms with Crippen molar-refractivity contribution in [3.8, 4) is 0 Å². The first-order chi connectivity index (χ1) is 13.7. The Morgan fingerprint density at radius 3 is 2.75 bits per heavy atom. The van der Waals surface area contributed by atoms with Crippen LogP contribution in [-0.4, -0.2) is 35.0 Å². The van der Waals surface area contributed by atoms with Crippen molar-refractivity contribution in [1.82, 2.24) is 15.3 Å². The summed E-state index contributed by atoms with van der Waals surface area (Å²) in [5, 5.41) is 7.95. The van der Waals surface area contributed by atoms with Gasteiger partial charge in [-0.05, 0) is 30.7 Å². The number of aromatic nitrogens is 2. The summed E-state index contributed by atoms with van der Waals surface area (Å²) in [4.78, 5) is 21.2. The van der Waals surface area contributed by atoms with Crippen LogP contribution in [0.25, 0.3) is 10.9 Å². The van der Waals surface area contributed by atoms with Crippen molar-refractivity contribution in [2.24, 2.45) is 5.73 Å². The highest BCUT2D eigenvalue weighted by Gasteiger charge is 2.27. The number of carbonyl (C=O) groups is 1. The van der Waals surface area contributed by atoms with E-state index in [1.807, 2.05) is 25.1 Å². The third-order valence-corrected chi connectivity index (χ3v) is 5.39. The van der Waals surface area contributed by atoms with E-state index < -0.39 is 5.91 Å². The molecule has 0 radical (unpaired) electrons. The summed E-state index contributed by atoms with van der Waals surface area (Å²) in [6, 6.07) is 16.3. The van der Waals surface area contributed by atoms with Crippen LogP contribution in [-0.2, 0) is 6.42 Å². The number of nitrogens with zero attached hydrogens (tertiary/aromatic N) is 2. The fourth-order valence-electron chi connectivity index (χ4n) is 3.95. The van der Waals surface area contributed by atoms with Crippen molar-refractivity contribution in [3.05, 3.63) is 65.5 Å². The zero-order valence-corrected chi connectivity index (χ0v) is 16.0. The molecule has 1 amide bonds. The van der Waals surface area contributed by atoms with Crippen molar-refractivity contribution < 1.29 is 4.79 Å². The van der Waals surface area contributed by atoms with Gasteiger partial charge in [-0.2, -0.15) is 0 Å². The van der Waals surface area contributed by atoms with Crippen LogP contribution in [0, 0.1) is 0 Å². The maximum absolute atomic E-state index is 11.9. The molecule has 1 aliphatic rings. The van der Waals surface area contributed by atoms with Gasteiger partial charge in [-0.15, -0.1) is 0 Å². The molecule has 28 heavy (non-hydrogen) atoms. The number of primary amides is 1. The molecule has 1 aliphatic heterocycles. The van der Waals surface area contributed by atoms with Gasteiger partial charge in [-0.3, -0.25) is 4.79 Å². The second-order valence-corrected chi connectivity index (χ2v) is 7.17.